The molecule has 0 amide bonds. The molecule has 0 aliphatic rings. The van der Waals surface area contributed by atoms with Gasteiger partial charge < -0.3 is 10.6 Å². The Hall–Kier alpha value is -2.42. The highest BCUT2D eigenvalue weighted by Crippen LogP contribution is 2.08. The van der Waals surface area contributed by atoms with Crippen molar-refractivity contribution in [2.45, 2.75) is 26.9 Å². The summed E-state index contributed by atoms with van der Waals surface area (Å²) < 4.78 is 1.74. The van der Waals surface area contributed by atoms with Crippen LogP contribution >= 0.6 is 24.0 Å². The smallest absolute Gasteiger partial charge is 0.191 e. The third kappa shape index (κ3) is 6.06. The molecule has 0 unspecified atom stereocenters. The van der Waals surface area contributed by atoms with Gasteiger partial charge in [-0.05, 0) is 48.7 Å². The highest BCUT2D eigenvalue weighted by Gasteiger charge is 2.02. The first-order valence-electron chi connectivity index (χ1n) is 8.78. The summed E-state index contributed by atoms with van der Waals surface area (Å²) in [4.78, 5) is 9.04. The third-order valence-electron chi connectivity index (χ3n) is 4.02. The van der Waals surface area contributed by atoms with Gasteiger partial charge in [-0.3, -0.25) is 0 Å². The molecule has 3 rings (SSSR count). The standard InChI is InChI=1S/C20H24N6.HI/c1-3-21-20(24-15-18-8-5-4-7-16(18)2)23-14-17-9-11-22-19(13-17)26-12-6-10-25-26;/h4-13H,3,14-15H2,1-2H3,(H2,21,23,24);1H. The molecule has 2 heterocycles. The van der Waals surface area contributed by atoms with Crippen molar-refractivity contribution in [3.63, 3.8) is 0 Å². The molecule has 142 valence electrons. The topological polar surface area (TPSA) is 67.1 Å². The molecular formula is C20H25IN6. The maximum absolute atomic E-state index is 4.69. The fraction of sp³-hybridized carbons (Fsp3) is 0.250. The molecule has 0 fully saturated rings. The molecule has 2 aromatic heterocycles. The summed E-state index contributed by atoms with van der Waals surface area (Å²) in [5, 5.41) is 10.9. The normalized spacial score (nSPS) is 11.0. The van der Waals surface area contributed by atoms with E-state index in [4.69, 9.17) is 0 Å². The summed E-state index contributed by atoms with van der Waals surface area (Å²) in [7, 11) is 0. The van der Waals surface area contributed by atoms with Gasteiger partial charge in [-0.2, -0.15) is 5.10 Å². The minimum atomic E-state index is 0. The molecule has 27 heavy (non-hydrogen) atoms. The quantitative estimate of drug-likeness (QED) is 0.325. The first kappa shape index (κ1) is 20.9. The predicted molar refractivity (Wildman–Crippen MR) is 120 cm³/mol. The number of nitrogens with one attached hydrogen (secondary N) is 2. The first-order valence-corrected chi connectivity index (χ1v) is 8.78. The van der Waals surface area contributed by atoms with E-state index in [0.717, 1.165) is 30.4 Å². The number of benzene rings is 1. The van der Waals surface area contributed by atoms with Crippen LogP contribution in [0.2, 0.25) is 0 Å². The number of hydrogen-bond acceptors (Lipinski definition) is 3. The maximum atomic E-state index is 4.69. The average Bonchev–Trinajstić information content (AvgIpc) is 3.20. The largest absolute Gasteiger partial charge is 0.357 e. The minimum Gasteiger partial charge on any atom is -0.357 e. The van der Waals surface area contributed by atoms with Gasteiger partial charge in [0, 0.05) is 31.7 Å². The van der Waals surface area contributed by atoms with Crippen molar-refractivity contribution < 1.29 is 0 Å². The number of nitrogens with zero attached hydrogens (tertiary/aromatic N) is 4. The number of halogens is 1. The lowest BCUT2D eigenvalue weighted by Crippen LogP contribution is -2.36. The second-order valence-electron chi connectivity index (χ2n) is 5.95. The van der Waals surface area contributed by atoms with Crippen molar-refractivity contribution in [3.8, 4) is 5.82 Å². The van der Waals surface area contributed by atoms with Gasteiger partial charge in [-0.15, -0.1) is 24.0 Å². The van der Waals surface area contributed by atoms with Gasteiger partial charge in [-0.1, -0.05) is 24.3 Å². The molecule has 0 aliphatic carbocycles. The van der Waals surface area contributed by atoms with Crippen LogP contribution in [-0.2, 0) is 13.1 Å². The highest BCUT2D eigenvalue weighted by atomic mass is 127. The molecule has 2 N–H and O–H groups in total. The Kier molecular flexibility index (Phi) is 8.25. The monoisotopic (exact) mass is 476 g/mol. The third-order valence-corrected chi connectivity index (χ3v) is 4.02. The number of rotatable bonds is 6. The van der Waals surface area contributed by atoms with E-state index in [1.165, 1.54) is 11.1 Å². The van der Waals surface area contributed by atoms with Gasteiger partial charge in [-0.25, -0.2) is 14.7 Å². The zero-order valence-corrected chi connectivity index (χ0v) is 17.9. The molecule has 0 aliphatic heterocycles. The summed E-state index contributed by atoms with van der Waals surface area (Å²) in [5.41, 5.74) is 3.62. The first-order chi connectivity index (χ1) is 12.8. The van der Waals surface area contributed by atoms with Gasteiger partial charge in [0.1, 0.15) is 0 Å². The number of pyridine rings is 1. The Morgan fingerprint density at radius 3 is 2.70 bits per heavy atom. The van der Waals surface area contributed by atoms with Crippen LogP contribution in [0.5, 0.6) is 0 Å². The SMILES string of the molecule is CCNC(=NCc1ccnc(-n2cccn2)c1)NCc1ccccc1C.I. The molecule has 0 bridgehead atoms. The molecule has 0 spiro atoms. The van der Waals surface area contributed by atoms with Crippen LogP contribution < -0.4 is 10.6 Å². The molecule has 0 saturated heterocycles. The lowest BCUT2D eigenvalue weighted by Gasteiger charge is -2.13. The van der Waals surface area contributed by atoms with Crippen LogP contribution in [0.25, 0.3) is 5.82 Å². The van der Waals surface area contributed by atoms with Crippen molar-refractivity contribution in [2.75, 3.05) is 6.54 Å². The van der Waals surface area contributed by atoms with Crippen LogP contribution in [-0.4, -0.2) is 27.3 Å². The van der Waals surface area contributed by atoms with E-state index in [2.05, 4.69) is 63.8 Å². The van der Waals surface area contributed by atoms with E-state index < -0.39 is 0 Å². The average molecular weight is 476 g/mol. The molecule has 0 radical (unpaired) electrons. The van der Waals surface area contributed by atoms with Gasteiger partial charge in [0.05, 0.1) is 6.54 Å². The molecule has 3 aromatic rings. The fourth-order valence-electron chi connectivity index (χ4n) is 2.59. The van der Waals surface area contributed by atoms with Gasteiger partial charge in [0.15, 0.2) is 11.8 Å². The summed E-state index contributed by atoms with van der Waals surface area (Å²) in [6.07, 6.45) is 5.41. The Bertz CT molecular complexity index is 860. The highest BCUT2D eigenvalue weighted by molar-refractivity contribution is 14.0. The van der Waals surface area contributed by atoms with Crippen LogP contribution in [0.3, 0.4) is 0 Å². The molecule has 0 atom stereocenters. The zero-order chi connectivity index (χ0) is 18.2. The van der Waals surface area contributed by atoms with Crippen molar-refractivity contribution >= 4 is 29.9 Å². The molecule has 0 saturated carbocycles. The van der Waals surface area contributed by atoms with Crippen LogP contribution in [0, 0.1) is 6.92 Å². The van der Waals surface area contributed by atoms with E-state index in [0.29, 0.717) is 6.54 Å². The number of aliphatic imine (C=N–C) groups is 1. The predicted octanol–water partition coefficient (Wildman–Crippen LogP) is 3.45. The van der Waals surface area contributed by atoms with E-state index in [1.54, 1.807) is 17.1 Å². The van der Waals surface area contributed by atoms with Crippen LogP contribution in [0.4, 0.5) is 0 Å². The van der Waals surface area contributed by atoms with Gasteiger partial charge >= 0.3 is 0 Å². The Balaban J connectivity index is 0.00000261. The zero-order valence-electron chi connectivity index (χ0n) is 15.6. The number of hydrogen-bond donors (Lipinski definition) is 2. The molecule has 6 nitrogen and oxygen atoms in total. The van der Waals surface area contributed by atoms with Crippen molar-refractivity contribution in [1.82, 2.24) is 25.4 Å². The van der Waals surface area contributed by atoms with E-state index in [-0.39, 0.29) is 24.0 Å². The maximum Gasteiger partial charge on any atom is 0.191 e. The number of guanidine groups is 1. The number of aryl methyl sites for hydroxylation is 1. The summed E-state index contributed by atoms with van der Waals surface area (Å²) in [6.45, 7) is 6.31. The summed E-state index contributed by atoms with van der Waals surface area (Å²) in [5.74, 6) is 1.59. The van der Waals surface area contributed by atoms with Crippen LogP contribution in [0.1, 0.15) is 23.6 Å². The summed E-state index contributed by atoms with van der Waals surface area (Å²) >= 11 is 0. The second kappa shape index (κ2) is 10.7. The van der Waals surface area contributed by atoms with Crippen molar-refractivity contribution in [3.05, 3.63) is 77.7 Å². The fourth-order valence-corrected chi connectivity index (χ4v) is 2.59. The second-order valence-corrected chi connectivity index (χ2v) is 5.95. The van der Waals surface area contributed by atoms with E-state index >= 15 is 0 Å². The minimum absolute atomic E-state index is 0. The van der Waals surface area contributed by atoms with Crippen molar-refractivity contribution in [1.29, 1.82) is 0 Å². The van der Waals surface area contributed by atoms with Gasteiger partial charge in [0.25, 0.3) is 0 Å². The Morgan fingerprint density at radius 1 is 1.11 bits per heavy atom. The number of aromatic nitrogens is 3. The molecule has 7 heteroatoms. The van der Waals surface area contributed by atoms with E-state index in [9.17, 15) is 0 Å². The van der Waals surface area contributed by atoms with Crippen LogP contribution in [0.15, 0.2) is 66.0 Å². The lowest BCUT2D eigenvalue weighted by atomic mass is 10.1. The Morgan fingerprint density at radius 2 is 1.96 bits per heavy atom. The Labute approximate surface area is 177 Å². The molecule has 1 aromatic carbocycles. The van der Waals surface area contributed by atoms with Gasteiger partial charge in [0.2, 0.25) is 0 Å². The van der Waals surface area contributed by atoms with E-state index in [1.807, 2.05) is 24.4 Å². The summed E-state index contributed by atoms with van der Waals surface area (Å²) in [6, 6.07) is 14.2. The molecular weight excluding hydrogens is 451 g/mol. The lowest BCUT2D eigenvalue weighted by molar-refractivity contribution is 0.810. The van der Waals surface area contributed by atoms with Crippen molar-refractivity contribution in [2.24, 2.45) is 4.99 Å².